The molecule has 2 aromatic rings. The molecule has 0 bridgehead atoms. The molecule has 2 heterocycles. The molecule has 0 aromatic heterocycles. The van der Waals surface area contributed by atoms with Crippen LogP contribution in [0.5, 0.6) is 0 Å². The smallest absolute Gasteiger partial charge is 0.253 e. The summed E-state index contributed by atoms with van der Waals surface area (Å²) in [6, 6.07) is 18.0. The number of benzene rings is 2. The molecule has 1 atom stereocenters. The highest BCUT2D eigenvalue weighted by atomic mass is 32.2. The first-order chi connectivity index (χ1) is 13.2. The van der Waals surface area contributed by atoms with Crippen LogP contribution in [-0.4, -0.2) is 40.5 Å². The summed E-state index contributed by atoms with van der Waals surface area (Å²) in [7, 11) is 0. The van der Waals surface area contributed by atoms with Gasteiger partial charge in [0, 0.05) is 30.2 Å². The van der Waals surface area contributed by atoms with E-state index in [0.717, 1.165) is 24.0 Å². The van der Waals surface area contributed by atoms with E-state index in [9.17, 15) is 9.90 Å². The molecule has 2 fully saturated rings. The van der Waals surface area contributed by atoms with Crippen LogP contribution in [-0.2, 0) is 0 Å². The molecule has 3 nitrogen and oxygen atoms in total. The van der Waals surface area contributed by atoms with E-state index in [1.165, 1.54) is 17.1 Å². The maximum Gasteiger partial charge on any atom is 0.253 e. The lowest BCUT2D eigenvalue weighted by atomic mass is 9.87. The van der Waals surface area contributed by atoms with Crippen molar-refractivity contribution in [3.63, 3.8) is 0 Å². The summed E-state index contributed by atoms with van der Waals surface area (Å²) in [5, 5.41) is 10.6. The Morgan fingerprint density at radius 3 is 2.22 bits per heavy atom. The van der Waals surface area contributed by atoms with Gasteiger partial charge in [-0.3, -0.25) is 4.79 Å². The van der Waals surface area contributed by atoms with Crippen molar-refractivity contribution in [2.75, 3.05) is 24.6 Å². The van der Waals surface area contributed by atoms with E-state index in [-0.39, 0.29) is 11.8 Å². The van der Waals surface area contributed by atoms with Crippen molar-refractivity contribution in [1.29, 1.82) is 0 Å². The van der Waals surface area contributed by atoms with Crippen LogP contribution in [0.25, 0.3) is 0 Å². The largest absolute Gasteiger partial charge is 0.388 e. The highest BCUT2D eigenvalue weighted by molar-refractivity contribution is 8.19. The molecule has 5 heteroatoms. The fourth-order valence-corrected chi connectivity index (χ4v) is 6.72. The summed E-state index contributed by atoms with van der Waals surface area (Å²) in [5.41, 5.74) is 3.05. The molecule has 1 amide bonds. The second kappa shape index (κ2) is 8.72. The van der Waals surface area contributed by atoms with Crippen LogP contribution in [0, 0.1) is 5.92 Å². The lowest BCUT2D eigenvalue weighted by molar-refractivity contribution is 0.0462. The Labute approximate surface area is 169 Å². The van der Waals surface area contributed by atoms with Crippen LogP contribution < -0.4 is 0 Å². The van der Waals surface area contributed by atoms with Crippen LogP contribution in [0.15, 0.2) is 54.6 Å². The van der Waals surface area contributed by atoms with Crippen molar-refractivity contribution in [3.05, 3.63) is 71.3 Å². The van der Waals surface area contributed by atoms with Gasteiger partial charge in [0.1, 0.15) is 0 Å². The topological polar surface area (TPSA) is 40.5 Å². The van der Waals surface area contributed by atoms with Gasteiger partial charge in [0.05, 0.1) is 10.7 Å². The zero-order valence-electron chi connectivity index (χ0n) is 15.3. The van der Waals surface area contributed by atoms with E-state index in [1.54, 1.807) is 0 Å². The number of hydrogen-bond acceptors (Lipinski definition) is 4. The van der Waals surface area contributed by atoms with Crippen LogP contribution >= 0.6 is 23.5 Å². The predicted molar refractivity (Wildman–Crippen MR) is 114 cm³/mol. The third-order valence-corrected chi connectivity index (χ3v) is 8.57. The minimum absolute atomic E-state index is 0.112. The number of likely N-dealkylation sites (tertiary alicyclic amines) is 1. The summed E-state index contributed by atoms with van der Waals surface area (Å²) in [4.78, 5) is 14.8. The Bertz CT molecular complexity index is 752. The first kappa shape index (κ1) is 18.9. The fraction of sp³-hybridized carbons (Fsp3) is 0.409. The SMILES string of the molecule is O=C(c1ccc(C2SCCS2)cc1)N1CCC(C(O)c2ccccc2)CC1. The summed E-state index contributed by atoms with van der Waals surface area (Å²) in [6.45, 7) is 1.42. The number of hydrogen-bond donors (Lipinski definition) is 1. The number of carbonyl (C=O) groups excluding carboxylic acids is 1. The number of thioether (sulfide) groups is 2. The average Bonchev–Trinajstić information content (AvgIpc) is 3.28. The van der Waals surface area contributed by atoms with Crippen molar-refractivity contribution < 1.29 is 9.90 Å². The van der Waals surface area contributed by atoms with Gasteiger partial charge in [-0.15, -0.1) is 23.5 Å². The molecule has 0 aliphatic carbocycles. The molecule has 0 spiro atoms. The van der Waals surface area contributed by atoms with E-state index in [2.05, 4.69) is 12.1 Å². The summed E-state index contributed by atoms with van der Waals surface area (Å²) in [5.74, 6) is 2.75. The van der Waals surface area contributed by atoms with Crippen molar-refractivity contribution in [3.8, 4) is 0 Å². The lowest BCUT2D eigenvalue weighted by Gasteiger charge is -2.34. The molecule has 142 valence electrons. The quantitative estimate of drug-likeness (QED) is 0.805. The Hall–Kier alpha value is -1.43. The Kier molecular flexibility index (Phi) is 6.11. The number of piperidine rings is 1. The molecular weight excluding hydrogens is 374 g/mol. The first-order valence-corrected chi connectivity index (χ1v) is 11.7. The standard InChI is InChI=1S/C22H25NO2S2/c24-20(16-4-2-1-3-5-16)17-10-12-23(13-11-17)21(25)18-6-8-19(9-7-18)22-26-14-15-27-22/h1-9,17,20,22,24H,10-15H2. The van der Waals surface area contributed by atoms with E-state index < -0.39 is 6.10 Å². The zero-order valence-corrected chi connectivity index (χ0v) is 16.9. The molecule has 2 aliphatic rings. The van der Waals surface area contributed by atoms with Crippen molar-refractivity contribution >= 4 is 29.4 Å². The van der Waals surface area contributed by atoms with Gasteiger partial charge >= 0.3 is 0 Å². The van der Waals surface area contributed by atoms with E-state index in [1.807, 2.05) is 70.9 Å². The lowest BCUT2D eigenvalue weighted by Crippen LogP contribution is -2.39. The molecule has 1 unspecified atom stereocenters. The third kappa shape index (κ3) is 4.36. The van der Waals surface area contributed by atoms with E-state index >= 15 is 0 Å². The number of nitrogens with zero attached hydrogens (tertiary/aromatic N) is 1. The summed E-state index contributed by atoms with van der Waals surface area (Å²) in [6.07, 6.45) is 1.24. The van der Waals surface area contributed by atoms with Crippen LogP contribution in [0.3, 0.4) is 0 Å². The van der Waals surface area contributed by atoms with Gasteiger partial charge in [0.15, 0.2) is 0 Å². The normalized spacial score (nSPS) is 20.0. The van der Waals surface area contributed by atoms with Gasteiger partial charge in [-0.2, -0.15) is 0 Å². The second-order valence-electron chi connectivity index (χ2n) is 7.18. The Morgan fingerprint density at radius 1 is 0.963 bits per heavy atom. The number of aliphatic hydroxyl groups is 1. The van der Waals surface area contributed by atoms with Gasteiger partial charge in [-0.1, -0.05) is 42.5 Å². The van der Waals surface area contributed by atoms with Gasteiger partial charge in [-0.05, 0) is 42.0 Å². The molecule has 4 rings (SSSR count). The number of aliphatic hydroxyl groups excluding tert-OH is 1. The molecule has 0 radical (unpaired) electrons. The minimum Gasteiger partial charge on any atom is -0.388 e. The zero-order chi connectivity index (χ0) is 18.6. The number of rotatable bonds is 4. The first-order valence-electron chi connectivity index (χ1n) is 9.58. The van der Waals surface area contributed by atoms with E-state index in [0.29, 0.717) is 17.7 Å². The molecular formula is C22H25NO2S2. The number of amides is 1. The highest BCUT2D eigenvalue weighted by Gasteiger charge is 2.28. The van der Waals surface area contributed by atoms with Crippen LogP contribution in [0.2, 0.25) is 0 Å². The fourth-order valence-electron chi connectivity index (χ4n) is 3.86. The molecule has 2 saturated heterocycles. The molecule has 2 aromatic carbocycles. The Balaban J connectivity index is 1.34. The van der Waals surface area contributed by atoms with Gasteiger partial charge in [-0.25, -0.2) is 0 Å². The van der Waals surface area contributed by atoms with Crippen LogP contribution in [0.1, 0.15) is 45.0 Å². The monoisotopic (exact) mass is 399 g/mol. The van der Waals surface area contributed by atoms with Crippen molar-refractivity contribution in [2.24, 2.45) is 5.92 Å². The second-order valence-corrected chi connectivity index (χ2v) is 9.91. The van der Waals surface area contributed by atoms with Gasteiger partial charge in [0.2, 0.25) is 0 Å². The predicted octanol–water partition coefficient (Wildman–Crippen LogP) is 4.75. The highest BCUT2D eigenvalue weighted by Crippen LogP contribution is 2.45. The van der Waals surface area contributed by atoms with Crippen LogP contribution in [0.4, 0.5) is 0 Å². The van der Waals surface area contributed by atoms with Gasteiger partial charge < -0.3 is 10.0 Å². The van der Waals surface area contributed by atoms with Gasteiger partial charge in [0.25, 0.3) is 5.91 Å². The molecule has 1 N–H and O–H groups in total. The van der Waals surface area contributed by atoms with E-state index in [4.69, 9.17) is 0 Å². The maximum absolute atomic E-state index is 12.8. The minimum atomic E-state index is -0.441. The average molecular weight is 400 g/mol. The molecule has 27 heavy (non-hydrogen) atoms. The van der Waals surface area contributed by atoms with Crippen molar-refractivity contribution in [2.45, 2.75) is 23.5 Å². The number of carbonyl (C=O) groups is 1. The summed E-state index contributed by atoms with van der Waals surface area (Å²) < 4.78 is 0.518. The molecule has 0 saturated carbocycles. The van der Waals surface area contributed by atoms with Crippen molar-refractivity contribution in [1.82, 2.24) is 4.90 Å². The maximum atomic E-state index is 12.8. The summed E-state index contributed by atoms with van der Waals surface area (Å²) >= 11 is 3.97. The Morgan fingerprint density at radius 2 is 1.59 bits per heavy atom. The molecule has 2 aliphatic heterocycles. The third-order valence-electron chi connectivity index (χ3n) is 5.47.